The summed E-state index contributed by atoms with van der Waals surface area (Å²) < 4.78 is 9.20. The zero-order valence-electron chi connectivity index (χ0n) is 9.52. The minimum absolute atomic E-state index is 0.0335. The van der Waals surface area contributed by atoms with Gasteiger partial charge in [0, 0.05) is 12.3 Å². The predicted octanol–water partition coefficient (Wildman–Crippen LogP) is 0.738. The van der Waals surface area contributed by atoms with Gasteiger partial charge in [-0.2, -0.15) is 0 Å². The molecule has 1 unspecified atom stereocenters. The van der Waals surface area contributed by atoms with Gasteiger partial charge in [0.05, 0.1) is 26.1 Å². The van der Waals surface area contributed by atoms with E-state index in [1.165, 1.54) is 0 Å². The van der Waals surface area contributed by atoms with Crippen molar-refractivity contribution in [1.29, 1.82) is 0 Å². The van der Waals surface area contributed by atoms with Crippen molar-refractivity contribution >= 4 is 17.9 Å². The van der Waals surface area contributed by atoms with Crippen LogP contribution in [0.2, 0.25) is 0 Å². The molecule has 2 saturated heterocycles. The van der Waals surface area contributed by atoms with Crippen molar-refractivity contribution in [3.63, 3.8) is 0 Å². The second kappa shape index (κ2) is 6.88. The van der Waals surface area contributed by atoms with E-state index in [1.807, 2.05) is 0 Å². The van der Waals surface area contributed by atoms with Gasteiger partial charge in [-0.3, -0.25) is 14.4 Å². The largest absolute Gasteiger partial charge is 0.481 e. The number of rotatable bonds is 2. The summed E-state index contributed by atoms with van der Waals surface area (Å²) in [6, 6.07) is 0. The van der Waals surface area contributed by atoms with Crippen molar-refractivity contribution in [2.24, 2.45) is 5.92 Å². The molecule has 0 aromatic carbocycles. The smallest absolute Gasteiger partial charge is 0.306 e. The molecule has 0 saturated carbocycles. The van der Waals surface area contributed by atoms with E-state index in [0.29, 0.717) is 13.0 Å². The molecule has 17 heavy (non-hydrogen) atoms. The third-order valence-corrected chi connectivity index (χ3v) is 2.44. The predicted molar refractivity (Wildman–Crippen MR) is 56.1 cm³/mol. The Kier molecular flexibility index (Phi) is 5.45. The molecule has 0 aliphatic carbocycles. The van der Waals surface area contributed by atoms with Gasteiger partial charge >= 0.3 is 17.9 Å². The molecule has 0 aromatic rings. The van der Waals surface area contributed by atoms with Gasteiger partial charge in [-0.25, -0.2) is 0 Å². The quantitative estimate of drug-likeness (QED) is 0.720. The van der Waals surface area contributed by atoms with E-state index in [4.69, 9.17) is 5.11 Å². The van der Waals surface area contributed by atoms with Crippen LogP contribution in [-0.2, 0) is 23.9 Å². The lowest BCUT2D eigenvalue weighted by Gasteiger charge is -2.08. The number of hydrogen-bond donors (Lipinski definition) is 1. The fourth-order valence-corrected chi connectivity index (χ4v) is 1.57. The topological polar surface area (TPSA) is 89.9 Å². The Hall–Kier alpha value is -1.59. The molecule has 2 heterocycles. The van der Waals surface area contributed by atoms with Gasteiger partial charge in [-0.15, -0.1) is 0 Å². The SMILES string of the molecule is O=C(O)CC1COC(=O)C1.O=C1CCCCO1. The number of esters is 2. The maximum absolute atomic E-state index is 10.4. The monoisotopic (exact) mass is 244 g/mol. The molecular weight excluding hydrogens is 228 g/mol. The highest BCUT2D eigenvalue weighted by Gasteiger charge is 2.25. The summed E-state index contributed by atoms with van der Waals surface area (Å²) in [6.45, 7) is 0.907. The van der Waals surface area contributed by atoms with Gasteiger partial charge in [-0.05, 0) is 12.8 Å². The first-order valence-corrected chi connectivity index (χ1v) is 5.61. The van der Waals surface area contributed by atoms with Crippen LogP contribution in [0.5, 0.6) is 0 Å². The van der Waals surface area contributed by atoms with E-state index in [0.717, 1.165) is 12.8 Å². The maximum atomic E-state index is 10.4. The van der Waals surface area contributed by atoms with Crippen LogP contribution in [0.1, 0.15) is 32.1 Å². The lowest BCUT2D eigenvalue weighted by atomic mass is 10.1. The molecule has 2 aliphatic rings. The van der Waals surface area contributed by atoms with Crippen LogP contribution in [0, 0.1) is 5.92 Å². The van der Waals surface area contributed by atoms with Crippen molar-refractivity contribution in [1.82, 2.24) is 0 Å². The van der Waals surface area contributed by atoms with Gasteiger partial charge < -0.3 is 14.6 Å². The molecule has 1 atom stereocenters. The van der Waals surface area contributed by atoms with Crippen molar-refractivity contribution in [2.45, 2.75) is 32.1 Å². The number of carbonyl (C=O) groups is 3. The number of hydrogen-bond acceptors (Lipinski definition) is 5. The first kappa shape index (κ1) is 13.5. The molecule has 6 nitrogen and oxygen atoms in total. The summed E-state index contributed by atoms with van der Waals surface area (Å²) in [5.41, 5.74) is 0. The Labute approximate surface area is 98.9 Å². The molecule has 6 heteroatoms. The average molecular weight is 244 g/mol. The Morgan fingerprint density at radius 1 is 1.24 bits per heavy atom. The number of ether oxygens (including phenoxy) is 2. The summed E-state index contributed by atoms with van der Waals surface area (Å²) in [6.07, 6.45) is 2.97. The van der Waals surface area contributed by atoms with Gasteiger partial charge in [0.2, 0.25) is 0 Å². The third kappa shape index (κ3) is 5.89. The number of carbonyl (C=O) groups excluding carboxylic acids is 2. The van der Waals surface area contributed by atoms with Gasteiger partial charge in [0.15, 0.2) is 0 Å². The Balaban J connectivity index is 0.000000181. The van der Waals surface area contributed by atoms with Gasteiger partial charge in [0.1, 0.15) is 0 Å². The normalized spacial score (nSPS) is 23.2. The Bertz CT molecular complexity index is 290. The maximum Gasteiger partial charge on any atom is 0.306 e. The molecule has 2 rings (SSSR count). The van der Waals surface area contributed by atoms with Crippen LogP contribution in [0.3, 0.4) is 0 Å². The molecule has 0 spiro atoms. The molecule has 1 N–H and O–H groups in total. The number of aliphatic carboxylic acids is 1. The second-order valence-corrected chi connectivity index (χ2v) is 4.03. The van der Waals surface area contributed by atoms with Crippen LogP contribution in [0.15, 0.2) is 0 Å². The van der Waals surface area contributed by atoms with Crippen LogP contribution in [0.25, 0.3) is 0 Å². The Morgan fingerprint density at radius 2 is 2.00 bits per heavy atom. The number of carboxylic acid groups (broad SMARTS) is 1. The zero-order chi connectivity index (χ0) is 12.7. The molecule has 0 amide bonds. The lowest BCUT2D eigenvalue weighted by Crippen LogP contribution is -2.10. The summed E-state index contributed by atoms with van der Waals surface area (Å²) in [5.74, 6) is -1.30. The lowest BCUT2D eigenvalue weighted by molar-refractivity contribution is -0.146. The van der Waals surface area contributed by atoms with Crippen LogP contribution in [-0.4, -0.2) is 36.2 Å². The number of carboxylic acids is 1. The average Bonchev–Trinajstić information content (AvgIpc) is 2.65. The second-order valence-electron chi connectivity index (χ2n) is 4.03. The molecular formula is C11H16O6. The fraction of sp³-hybridized carbons (Fsp3) is 0.727. The van der Waals surface area contributed by atoms with Crippen molar-refractivity contribution in [3.05, 3.63) is 0 Å². The highest BCUT2D eigenvalue weighted by Crippen LogP contribution is 2.16. The minimum atomic E-state index is -0.872. The van der Waals surface area contributed by atoms with Crippen LogP contribution >= 0.6 is 0 Å². The van der Waals surface area contributed by atoms with Crippen LogP contribution < -0.4 is 0 Å². The number of cyclic esters (lactones) is 2. The molecule has 0 aromatic heterocycles. The van der Waals surface area contributed by atoms with Gasteiger partial charge in [-0.1, -0.05) is 0 Å². The van der Waals surface area contributed by atoms with E-state index in [9.17, 15) is 14.4 Å². The van der Waals surface area contributed by atoms with Crippen LogP contribution in [0.4, 0.5) is 0 Å². The van der Waals surface area contributed by atoms with E-state index in [1.54, 1.807) is 0 Å². The van der Waals surface area contributed by atoms with E-state index >= 15 is 0 Å². The first-order valence-electron chi connectivity index (χ1n) is 5.61. The zero-order valence-corrected chi connectivity index (χ0v) is 9.52. The molecule has 96 valence electrons. The summed E-state index contributed by atoms with van der Waals surface area (Å²) in [5, 5.41) is 8.29. The molecule has 0 bridgehead atoms. The van der Waals surface area contributed by atoms with Crippen molar-refractivity contribution in [3.8, 4) is 0 Å². The van der Waals surface area contributed by atoms with Crippen molar-refractivity contribution < 1.29 is 29.0 Å². The summed E-state index contributed by atoms with van der Waals surface area (Å²) in [7, 11) is 0. The van der Waals surface area contributed by atoms with E-state index in [2.05, 4.69) is 9.47 Å². The van der Waals surface area contributed by atoms with E-state index in [-0.39, 0.29) is 37.3 Å². The van der Waals surface area contributed by atoms with Crippen molar-refractivity contribution in [2.75, 3.05) is 13.2 Å². The Morgan fingerprint density at radius 3 is 2.35 bits per heavy atom. The van der Waals surface area contributed by atoms with Gasteiger partial charge in [0.25, 0.3) is 0 Å². The first-order chi connectivity index (χ1) is 8.08. The minimum Gasteiger partial charge on any atom is -0.481 e. The molecule has 2 fully saturated rings. The summed E-state index contributed by atoms with van der Waals surface area (Å²) in [4.78, 5) is 30.8. The third-order valence-electron chi connectivity index (χ3n) is 2.44. The highest BCUT2D eigenvalue weighted by atomic mass is 16.5. The standard InChI is InChI=1S/C6H8O4.C5H8O2/c7-5(8)1-4-2-6(9)10-3-4;6-5-3-1-2-4-7-5/h4H,1-3H2,(H,7,8);1-4H2. The molecule has 0 radical (unpaired) electrons. The molecule has 2 aliphatic heterocycles. The summed E-state index contributed by atoms with van der Waals surface area (Å²) >= 11 is 0. The highest BCUT2D eigenvalue weighted by molar-refractivity contribution is 5.74. The van der Waals surface area contributed by atoms with E-state index < -0.39 is 5.97 Å². The fourth-order valence-electron chi connectivity index (χ4n) is 1.57.